The molecule has 0 radical (unpaired) electrons. The molecule has 94 valence electrons. The van der Waals surface area contributed by atoms with Crippen LogP contribution in [0.15, 0.2) is 41.0 Å². The van der Waals surface area contributed by atoms with E-state index < -0.39 is 0 Å². The fourth-order valence-electron chi connectivity index (χ4n) is 1.76. The van der Waals surface area contributed by atoms with Crippen molar-refractivity contribution in [2.75, 3.05) is 13.1 Å². The summed E-state index contributed by atoms with van der Waals surface area (Å²) in [5.41, 5.74) is 1.23. The van der Waals surface area contributed by atoms with Gasteiger partial charge >= 0.3 is 0 Å². The Hall–Kier alpha value is -2.10. The van der Waals surface area contributed by atoms with E-state index in [1.54, 1.807) is 4.90 Å². The first-order chi connectivity index (χ1) is 8.76. The molecule has 0 spiro atoms. The quantitative estimate of drug-likeness (QED) is 0.830. The highest BCUT2D eigenvalue weighted by atomic mass is 16.3. The largest absolute Gasteiger partial charge is 0.444 e. The number of oxazole rings is 1. The van der Waals surface area contributed by atoms with Gasteiger partial charge in [0.15, 0.2) is 5.69 Å². The van der Waals surface area contributed by atoms with Crippen LogP contribution in [0.1, 0.15) is 24.3 Å². The lowest BCUT2D eigenvalue weighted by Crippen LogP contribution is -2.30. The normalized spacial score (nSPS) is 10.3. The van der Waals surface area contributed by atoms with Crippen molar-refractivity contribution in [3.8, 4) is 11.5 Å². The standard InChI is InChI=1S/C14H16N2O2/c1-3-16(4-2)14(17)12-10-18-13(15-12)11-8-6-5-7-9-11/h5-10H,3-4H2,1-2H3. The molecule has 0 aliphatic heterocycles. The van der Waals surface area contributed by atoms with Gasteiger partial charge in [0.25, 0.3) is 5.91 Å². The molecule has 1 amide bonds. The van der Waals surface area contributed by atoms with E-state index in [0.717, 1.165) is 5.56 Å². The van der Waals surface area contributed by atoms with Crippen LogP contribution < -0.4 is 0 Å². The maximum Gasteiger partial charge on any atom is 0.275 e. The predicted octanol–water partition coefficient (Wildman–Crippen LogP) is 2.82. The summed E-state index contributed by atoms with van der Waals surface area (Å²) in [4.78, 5) is 18.0. The molecule has 1 aromatic heterocycles. The number of amides is 1. The summed E-state index contributed by atoms with van der Waals surface area (Å²) in [7, 11) is 0. The summed E-state index contributed by atoms with van der Waals surface area (Å²) in [6.45, 7) is 5.23. The molecule has 0 aliphatic rings. The topological polar surface area (TPSA) is 46.3 Å². The highest BCUT2D eigenvalue weighted by Crippen LogP contribution is 2.18. The fraction of sp³-hybridized carbons (Fsp3) is 0.286. The van der Waals surface area contributed by atoms with Crippen molar-refractivity contribution in [3.05, 3.63) is 42.3 Å². The number of hydrogen-bond acceptors (Lipinski definition) is 3. The van der Waals surface area contributed by atoms with Crippen molar-refractivity contribution in [2.24, 2.45) is 0 Å². The summed E-state index contributed by atoms with van der Waals surface area (Å²) in [6.07, 6.45) is 1.42. The molecular formula is C14H16N2O2. The predicted molar refractivity (Wildman–Crippen MR) is 69.2 cm³/mol. The van der Waals surface area contributed by atoms with Gasteiger partial charge in [-0.05, 0) is 26.0 Å². The lowest BCUT2D eigenvalue weighted by atomic mass is 10.2. The lowest BCUT2D eigenvalue weighted by Gasteiger charge is -2.16. The Balaban J connectivity index is 2.23. The van der Waals surface area contributed by atoms with Crippen molar-refractivity contribution in [3.63, 3.8) is 0 Å². The minimum absolute atomic E-state index is 0.0917. The Morgan fingerprint density at radius 1 is 1.22 bits per heavy atom. The van der Waals surface area contributed by atoms with Crippen LogP contribution in [0.2, 0.25) is 0 Å². The first-order valence-corrected chi connectivity index (χ1v) is 6.06. The van der Waals surface area contributed by atoms with Crippen LogP contribution in [0.3, 0.4) is 0 Å². The molecule has 4 heteroatoms. The molecule has 1 heterocycles. The van der Waals surface area contributed by atoms with Gasteiger partial charge in [0.1, 0.15) is 6.26 Å². The van der Waals surface area contributed by atoms with Gasteiger partial charge < -0.3 is 9.32 Å². The number of aromatic nitrogens is 1. The summed E-state index contributed by atoms with van der Waals surface area (Å²) in [5, 5.41) is 0. The van der Waals surface area contributed by atoms with Crippen LogP contribution in [0.4, 0.5) is 0 Å². The van der Waals surface area contributed by atoms with E-state index >= 15 is 0 Å². The van der Waals surface area contributed by atoms with Crippen molar-refractivity contribution in [2.45, 2.75) is 13.8 Å². The van der Waals surface area contributed by atoms with E-state index in [9.17, 15) is 4.79 Å². The highest BCUT2D eigenvalue weighted by molar-refractivity contribution is 5.92. The smallest absolute Gasteiger partial charge is 0.275 e. The molecule has 0 atom stereocenters. The summed E-state index contributed by atoms with van der Waals surface area (Å²) in [6, 6.07) is 9.54. The van der Waals surface area contributed by atoms with Gasteiger partial charge in [-0.3, -0.25) is 4.79 Å². The third kappa shape index (κ3) is 2.42. The summed E-state index contributed by atoms with van der Waals surface area (Å²) in [5.74, 6) is 0.386. The van der Waals surface area contributed by atoms with Gasteiger partial charge in [-0.2, -0.15) is 0 Å². The van der Waals surface area contributed by atoms with Gasteiger partial charge in [-0.25, -0.2) is 4.98 Å². The molecular weight excluding hydrogens is 228 g/mol. The van der Waals surface area contributed by atoms with Gasteiger partial charge in [0.05, 0.1) is 0 Å². The van der Waals surface area contributed by atoms with Gasteiger partial charge in [-0.1, -0.05) is 18.2 Å². The fourth-order valence-corrected chi connectivity index (χ4v) is 1.76. The molecule has 2 rings (SSSR count). The maximum atomic E-state index is 12.1. The second kappa shape index (κ2) is 5.49. The van der Waals surface area contributed by atoms with Crippen LogP contribution in [0, 0.1) is 0 Å². The van der Waals surface area contributed by atoms with Crippen LogP contribution in [0.25, 0.3) is 11.5 Å². The average molecular weight is 244 g/mol. The number of benzene rings is 1. The third-order valence-electron chi connectivity index (χ3n) is 2.79. The Kier molecular flexibility index (Phi) is 3.77. The molecule has 4 nitrogen and oxygen atoms in total. The van der Waals surface area contributed by atoms with Gasteiger partial charge in [-0.15, -0.1) is 0 Å². The van der Waals surface area contributed by atoms with E-state index in [-0.39, 0.29) is 5.91 Å². The Bertz CT molecular complexity index is 516. The Labute approximate surface area is 106 Å². The second-order valence-electron chi connectivity index (χ2n) is 3.88. The lowest BCUT2D eigenvalue weighted by molar-refractivity contribution is 0.0767. The number of nitrogens with zero attached hydrogens (tertiary/aromatic N) is 2. The van der Waals surface area contributed by atoms with Crippen molar-refractivity contribution in [1.29, 1.82) is 0 Å². The van der Waals surface area contributed by atoms with Crippen LogP contribution in [-0.4, -0.2) is 28.9 Å². The number of carbonyl (C=O) groups excluding carboxylic acids is 1. The van der Waals surface area contributed by atoms with Crippen molar-refractivity contribution < 1.29 is 9.21 Å². The number of rotatable bonds is 4. The molecule has 18 heavy (non-hydrogen) atoms. The van der Waals surface area contributed by atoms with Crippen molar-refractivity contribution >= 4 is 5.91 Å². The van der Waals surface area contributed by atoms with Crippen LogP contribution >= 0.6 is 0 Å². The van der Waals surface area contributed by atoms with Crippen molar-refractivity contribution in [1.82, 2.24) is 9.88 Å². The first-order valence-electron chi connectivity index (χ1n) is 6.06. The van der Waals surface area contributed by atoms with Gasteiger partial charge in [0.2, 0.25) is 5.89 Å². The zero-order valence-corrected chi connectivity index (χ0v) is 10.6. The monoisotopic (exact) mass is 244 g/mol. The maximum absolute atomic E-state index is 12.1. The first kappa shape index (κ1) is 12.4. The second-order valence-corrected chi connectivity index (χ2v) is 3.88. The van der Waals surface area contributed by atoms with E-state index in [4.69, 9.17) is 4.42 Å². The number of carbonyl (C=O) groups is 1. The molecule has 0 aliphatic carbocycles. The zero-order chi connectivity index (χ0) is 13.0. The van der Waals surface area contributed by atoms with E-state index in [0.29, 0.717) is 24.7 Å². The molecule has 1 aromatic carbocycles. The highest BCUT2D eigenvalue weighted by Gasteiger charge is 2.17. The summed E-state index contributed by atoms with van der Waals surface area (Å²) < 4.78 is 5.35. The van der Waals surface area contributed by atoms with Crippen LogP contribution in [-0.2, 0) is 0 Å². The van der Waals surface area contributed by atoms with Gasteiger partial charge in [0, 0.05) is 18.7 Å². The van der Waals surface area contributed by atoms with E-state index in [1.807, 2.05) is 44.2 Å². The minimum atomic E-state index is -0.0917. The number of hydrogen-bond donors (Lipinski definition) is 0. The molecule has 2 aromatic rings. The molecule has 0 unspecified atom stereocenters. The van der Waals surface area contributed by atoms with E-state index in [1.165, 1.54) is 6.26 Å². The van der Waals surface area contributed by atoms with E-state index in [2.05, 4.69) is 4.98 Å². The zero-order valence-electron chi connectivity index (χ0n) is 10.6. The SMILES string of the molecule is CCN(CC)C(=O)c1coc(-c2ccccc2)n1. The average Bonchev–Trinajstić information content (AvgIpc) is 2.90. The Morgan fingerprint density at radius 3 is 2.50 bits per heavy atom. The molecule has 0 bridgehead atoms. The summed E-state index contributed by atoms with van der Waals surface area (Å²) >= 11 is 0. The molecule has 0 N–H and O–H groups in total. The molecule has 0 saturated heterocycles. The minimum Gasteiger partial charge on any atom is -0.444 e. The Morgan fingerprint density at radius 2 is 1.89 bits per heavy atom. The molecule has 0 saturated carbocycles. The van der Waals surface area contributed by atoms with Crippen LogP contribution in [0.5, 0.6) is 0 Å². The third-order valence-corrected chi connectivity index (χ3v) is 2.79. The molecule has 0 fully saturated rings.